The topological polar surface area (TPSA) is 68.2 Å². The fourth-order valence-electron chi connectivity index (χ4n) is 2.65. The van der Waals surface area contributed by atoms with Gasteiger partial charge in [0, 0.05) is 31.5 Å². The molecule has 1 aromatic rings. The smallest absolute Gasteiger partial charge is 0.242 e. The zero-order valence-electron chi connectivity index (χ0n) is 12.4. The summed E-state index contributed by atoms with van der Waals surface area (Å²) in [7, 11) is 3.62. The van der Waals surface area contributed by atoms with Crippen molar-refractivity contribution in [3.63, 3.8) is 0 Å². The average Bonchev–Trinajstić information content (AvgIpc) is 3.02. The van der Waals surface area contributed by atoms with Crippen molar-refractivity contribution in [2.45, 2.75) is 44.4 Å². The van der Waals surface area contributed by atoms with Gasteiger partial charge < -0.3 is 15.4 Å². The summed E-state index contributed by atoms with van der Waals surface area (Å²) < 4.78 is 7.30. The van der Waals surface area contributed by atoms with Gasteiger partial charge in [0.15, 0.2) is 0 Å². The van der Waals surface area contributed by atoms with E-state index in [9.17, 15) is 4.79 Å². The van der Waals surface area contributed by atoms with Gasteiger partial charge in [0.05, 0.1) is 12.3 Å². The van der Waals surface area contributed by atoms with E-state index in [2.05, 4.69) is 15.7 Å². The Balaban J connectivity index is 1.88. The maximum absolute atomic E-state index is 12.3. The van der Waals surface area contributed by atoms with Crippen molar-refractivity contribution < 1.29 is 9.53 Å². The average molecular weight is 280 g/mol. The van der Waals surface area contributed by atoms with Crippen molar-refractivity contribution in [2.75, 3.05) is 13.7 Å². The normalized spacial score (nSPS) is 21.6. The highest BCUT2D eigenvalue weighted by atomic mass is 16.5. The molecular weight excluding hydrogens is 256 g/mol. The van der Waals surface area contributed by atoms with Crippen LogP contribution in [0.3, 0.4) is 0 Å². The summed E-state index contributed by atoms with van der Waals surface area (Å²) in [5, 5.41) is 10.2. The molecule has 1 aliphatic rings. The molecule has 1 aromatic heterocycles. The van der Waals surface area contributed by atoms with Crippen molar-refractivity contribution in [1.82, 2.24) is 20.4 Å². The number of likely N-dealkylation sites (N-methyl/N-ethyl adjacent to an activating group) is 1. The SMILES string of the molecule is CNC(C(=O)NC(C)CC1CCCO1)c1cnn(C)c1. The zero-order valence-corrected chi connectivity index (χ0v) is 12.4. The molecule has 1 aliphatic heterocycles. The third kappa shape index (κ3) is 3.80. The van der Waals surface area contributed by atoms with Crippen LogP contribution in [0.25, 0.3) is 0 Å². The molecule has 2 rings (SSSR count). The van der Waals surface area contributed by atoms with E-state index in [0.29, 0.717) is 0 Å². The van der Waals surface area contributed by atoms with Crippen LogP contribution in [0.2, 0.25) is 0 Å². The molecule has 1 saturated heterocycles. The molecule has 6 nitrogen and oxygen atoms in total. The third-order valence-electron chi connectivity index (χ3n) is 3.64. The lowest BCUT2D eigenvalue weighted by atomic mass is 10.1. The Morgan fingerprint density at radius 1 is 1.65 bits per heavy atom. The number of aryl methyl sites for hydroxylation is 1. The largest absolute Gasteiger partial charge is 0.378 e. The lowest BCUT2D eigenvalue weighted by molar-refractivity contribution is -0.124. The number of nitrogens with one attached hydrogen (secondary N) is 2. The first-order chi connectivity index (χ1) is 9.60. The number of amides is 1. The molecule has 20 heavy (non-hydrogen) atoms. The molecule has 0 radical (unpaired) electrons. The minimum absolute atomic E-state index is 0.0222. The molecule has 0 bridgehead atoms. The van der Waals surface area contributed by atoms with Gasteiger partial charge in [-0.25, -0.2) is 0 Å². The van der Waals surface area contributed by atoms with Crippen LogP contribution in [-0.4, -0.2) is 41.5 Å². The van der Waals surface area contributed by atoms with Crippen molar-refractivity contribution in [1.29, 1.82) is 0 Å². The second-order valence-corrected chi connectivity index (χ2v) is 5.45. The van der Waals surface area contributed by atoms with E-state index in [4.69, 9.17) is 4.74 Å². The minimum Gasteiger partial charge on any atom is -0.378 e. The highest BCUT2D eigenvalue weighted by molar-refractivity contribution is 5.83. The number of hydrogen-bond donors (Lipinski definition) is 2. The van der Waals surface area contributed by atoms with Crippen LogP contribution in [-0.2, 0) is 16.6 Å². The lowest BCUT2D eigenvalue weighted by Gasteiger charge is -2.21. The summed E-state index contributed by atoms with van der Waals surface area (Å²) in [6, 6.07) is -0.256. The van der Waals surface area contributed by atoms with Gasteiger partial charge in [0.25, 0.3) is 0 Å². The summed E-state index contributed by atoms with van der Waals surface area (Å²) in [5.41, 5.74) is 0.872. The van der Waals surface area contributed by atoms with E-state index in [1.54, 1.807) is 17.9 Å². The Kier molecular flexibility index (Phi) is 5.14. The van der Waals surface area contributed by atoms with Crippen LogP contribution in [0.5, 0.6) is 0 Å². The Labute approximate surface area is 119 Å². The van der Waals surface area contributed by atoms with Gasteiger partial charge in [0.2, 0.25) is 5.91 Å². The Morgan fingerprint density at radius 3 is 3.00 bits per heavy atom. The summed E-state index contributed by atoms with van der Waals surface area (Å²) in [6.45, 7) is 2.87. The fraction of sp³-hybridized carbons (Fsp3) is 0.714. The van der Waals surface area contributed by atoms with E-state index < -0.39 is 0 Å². The number of ether oxygens (including phenoxy) is 1. The fourth-order valence-corrected chi connectivity index (χ4v) is 2.65. The standard InChI is InChI=1S/C14H24N4O2/c1-10(7-12-5-4-6-20-12)17-14(19)13(15-2)11-8-16-18(3)9-11/h8-10,12-13,15H,4-7H2,1-3H3,(H,17,19). The predicted molar refractivity (Wildman–Crippen MR) is 76.2 cm³/mol. The Morgan fingerprint density at radius 2 is 2.45 bits per heavy atom. The molecular formula is C14H24N4O2. The van der Waals surface area contributed by atoms with Crippen molar-refractivity contribution in [3.05, 3.63) is 18.0 Å². The van der Waals surface area contributed by atoms with E-state index >= 15 is 0 Å². The van der Waals surface area contributed by atoms with Gasteiger partial charge >= 0.3 is 0 Å². The second-order valence-electron chi connectivity index (χ2n) is 5.45. The second kappa shape index (κ2) is 6.85. The summed E-state index contributed by atoms with van der Waals surface area (Å²) in [5.74, 6) is -0.0222. The van der Waals surface area contributed by atoms with Crippen LogP contribution < -0.4 is 10.6 Å². The van der Waals surface area contributed by atoms with Gasteiger partial charge in [-0.1, -0.05) is 0 Å². The molecule has 2 N–H and O–H groups in total. The molecule has 112 valence electrons. The highest BCUT2D eigenvalue weighted by Crippen LogP contribution is 2.17. The van der Waals surface area contributed by atoms with Gasteiger partial charge in [-0.15, -0.1) is 0 Å². The van der Waals surface area contributed by atoms with Gasteiger partial charge in [-0.05, 0) is 33.2 Å². The summed E-state index contributed by atoms with van der Waals surface area (Å²) in [4.78, 5) is 12.3. The molecule has 2 heterocycles. The van der Waals surface area contributed by atoms with Crippen molar-refractivity contribution in [2.24, 2.45) is 7.05 Å². The molecule has 3 unspecified atom stereocenters. The molecule has 0 spiro atoms. The van der Waals surface area contributed by atoms with Crippen LogP contribution in [0.15, 0.2) is 12.4 Å². The quantitative estimate of drug-likeness (QED) is 0.807. The van der Waals surface area contributed by atoms with E-state index in [1.165, 1.54) is 0 Å². The first-order valence-electron chi connectivity index (χ1n) is 7.18. The van der Waals surface area contributed by atoms with E-state index in [-0.39, 0.29) is 24.1 Å². The zero-order chi connectivity index (χ0) is 14.5. The van der Waals surface area contributed by atoms with Gasteiger partial charge in [0.1, 0.15) is 6.04 Å². The van der Waals surface area contributed by atoms with Crippen LogP contribution in [0.4, 0.5) is 0 Å². The number of carbonyl (C=O) groups is 1. The minimum atomic E-state index is -0.365. The number of nitrogens with zero attached hydrogens (tertiary/aromatic N) is 2. The highest BCUT2D eigenvalue weighted by Gasteiger charge is 2.24. The molecule has 1 fully saturated rings. The molecule has 0 aliphatic carbocycles. The third-order valence-corrected chi connectivity index (χ3v) is 3.64. The van der Waals surface area contributed by atoms with Crippen LogP contribution in [0.1, 0.15) is 37.8 Å². The lowest BCUT2D eigenvalue weighted by Crippen LogP contribution is -2.41. The first kappa shape index (κ1) is 15.0. The number of aromatic nitrogens is 2. The summed E-state index contributed by atoms with van der Waals surface area (Å²) >= 11 is 0. The summed E-state index contributed by atoms with van der Waals surface area (Å²) in [6.07, 6.45) is 6.95. The maximum atomic E-state index is 12.3. The predicted octanol–water partition coefficient (Wildman–Crippen LogP) is 0.754. The van der Waals surface area contributed by atoms with Crippen LogP contribution in [0, 0.1) is 0 Å². The molecule has 0 aromatic carbocycles. The molecule has 0 saturated carbocycles. The number of carbonyl (C=O) groups excluding carboxylic acids is 1. The molecule has 3 atom stereocenters. The van der Waals surface area contributed by atoms with Crippen molar-refractivity contribution in [3.8, 4) is 0 Å². The van der Waals surface area contributed by atoms with Crippen molar-refractivity contribution >= 4 is 5.91 Å². The van der Waals surface area contributed by atoms with Crippen LogP contribution >= 0.6 is 0 Å². The Hall–Kier alpha value is -1.40. The molecule has 1 amide bonds. The maximum Gasteiger partial charge on any atom is 0.242 e. The number of rotatable bonds is 6. The first-order valence-corrected chi connectivity index (χ1v) is 7.18. The van der Waals surface area contributed by atoms with Gasteiger partial charge in [-0.2, -0.15) is 5.10 Å². The monoisotopic (exact) mass is 280 g/mol. The number of hydrogen-bond acceptors (Lipinski definition) is 4. The van der Waals surface area contributed by atoms with Gasteiger partial charge in [-0.3, -0.25) is 9.48 Å². The Bertz CT molecular complexity index is 440. The van der Waals surface area contributed by atoms with E-state index in [1.807, 2.05) is 20.2 Å². The van der Waals surface area contributed by atoms with E-state index in [0.717, 1.165) is 31.4 Å². The molecule has 6 heteroatoms.